The molecule has 1 aromatic rings. The minimum atomic E-state index is 0.412. The summed E-state index contributed by atoms with van der Waals surface area (Å²) in [5, 5.41) is 0. The average molecular weight is 246 g/mol. The molecule has 1 aliphatic carbocycles. The number of hydrogen-bond acceptors (Lipinski definition) is 2. The Balaban J connectivity index is 2.03. The van der Waals surface area contributed by atoms with E-state index < -0.39 is 0 Å². The van der Waals surface area contributed by atoms with Gasteiger partial charge in [-0.1, -0.05) is 37.6 Å². The van der Waals surface area contributed by atoms with E-state index in [1.807, 2.05) is 0 Å². The van der Waals surface area contributed by atoms with Gasteiger partial charge < -0.3 is 5.73 Å². The van der Waals surface area contributed by atoms with Crippen molar-refractivity contribution in [3.63, 3.8) is 0 Å². The fraction of sp³-hybridized carbons (Fsp3) is 0.625. The van der Waals surface area contributed by atoms with Crippen LogP contribution in [0.5, 0.6) is 0 Å². The molecule has 18 heavy (non-hydrogen) atoms. The third-order valence-corrected chi connectivity index (χ3v) is 4.24. The number of nitrogens with two attached hydrogens (primary N) is 1. The minimum absolute atomic E-state index is 0.412. The van der Waals surface area contributed by atoms with Gasteiger partial charge in [0.1, 0.15) is 0 Å². The van der Waals surface area contributed by atoms with E-state index in [0.29, 0.717) is 12.1 Å². The Labute approximate surface area is 111 Å². The molecule has 2 unspecified atom stereocenters. The maximum absolute atomic E-state index is 6.11. The zero-order chi connectivity index (χ0) is 13.0. The number of nitrogens with zero attached hydrogens (tertiary/aromatic N) is 1. The van der Waals surface area contributed by atoms with E-state index in [-0.39, 0.29) is 0 Å². The maximum Gasteiger partial charge on any atom is 0.0239 e. The van der Waals surface area contributed by atoms with Gasteiger partial charge in [-0.3, -0.25) is 4.90 Å². The minimum Gasteiger partial charge on any atom is -0.328 e. The van der Waals surface area contributed by atoms with Gasteiger partial charge in [0, 0.05) is 18.6 Å². The van der Waals surface area contributed by atoms with Crippen molar-refractivity contribution >= 4 is 0 Å². The number of rotatable bonds is 4. The highest BCUT2D eigenvalue weighted by molar-refractivity contribution is 5.25. The van der Waals surface area contributed by atoms with E-state index in [0.717, 1.165) is 13.1 Å². The third kappa shape index (κ3) is 3.33. The molecule has 0 radical (unpaired) electrons. The van der Waals surface area contributed by atoms with Crippen molar-refractivity contribution in [2.75, 3.05) is 6.54 Å². The molecule has 0 aromatic heterocycles. The predicted octanol–water partition coefficient (Wildman–Crippen LogP) is 3.09. The van der Waals surface area contributed by atoms with Crippen LogP contribution in [0.25, 0.3) is 0 Å². The highest BCUT2D eigenvalue weighted by Crippen LogP contribution is 2.24. The molecule has 0 saturated heterocycles. The van der Waals surface area contributed by atoms with Crippen LogP contribution in [0.4, 0.5) is 0 Å². The summed E-state index contributed by atoms with van der Waals surface area (Å²) >= 11 is 0. The highest BCUT2D eigenvalue weighted by atomic mass is 15.1. The molecular weight excluding hydrogens is 220 g/mol. The topological polar surface area (TPSA) is 29.3 Å². The van der Waals surface area contributed by atoms with Crippen LogP contribution in [-0.4, -0.2) is 23.5 Å². The Morgan fingerprint density at radius 2 is 2.06 bits per heavy atom. The summed E-state index contributed by atoms with van der Waals surface area (Å²) in [6.45, 7) is 6.65. The van der Waals surface area contributed by atoms with Crippen molar-refractivity contribution < 1.29 is 0 Å². The Morgan fingerprint density at radius 1 is 1.28 bits per heavy atom. The van der Waals surface area contributed by atoms with Gasteiger partial charge in [-0.05, 0) is 43.9 Å². The van der Waals surface area contributed by atoms with Crippen LogP contribution in [0.15, 0.2) is 24.3 Å². The average Bonchev–Trinajstić information content (AvgIpc) is 2.38. The van der Waals surface area contributed by atoms with Crippen LogP contribution in [0.3, 0.4) is 0 Å². The largest absolute Gasteiger partial charge is 0.328 e. The van der Waals surface area contributed by atoms with E-state index in [4.69, 9.17) is 5.73 Å². The lowest BCUT2D eigenvalue weighted by Crippen LogP contribution is -2.42. The first-order chi connectivity index (χ1) is 8.70. The molecule has 1 aliphatic rings. The molecule has 100 valence electrons. The van der Waals surface area contributed by atoms with Crippen molar-refractivity contribution in [3.05, 3.63) is 35.4 Å². The first-order valence-corrected chi connectivity index (χ1v) is 7.24. The van der Waals surface area contributed by atoms with E-state index in [2.05, 4.69) is 43.0 Å². The lowest BCUT2D eigenvalue weighted by Gasteiger charge is -2.36. The molecule has 2 nitrogen and oxygen atoms in total. The molecule has 2 N–H and O–H groups in total. The van der Waals surface area contributed by atoms with Gasteiger partial charge in [0.05, 0.1) is 0 Å². The molecule has 2 heteroatoms. The number of aryl methyl sites for hydroxylation is 1. The van der Waals surface area contributed by atoms with Gasteiger partial charge in [0.25, 0.3) is 0 Å². The van der Waals surface area contributed by atoms with Crippen LogP contribution in [-0.2, 0) is 6.54 Å². The molecule has 2 rings (SSSR count). The standard InChI is InChI=1S/C16H26N2/c1-3-18(16-10-6-9-15(17)11-16)12-14-8-5-4-7-13(14)2/h4-5,7-8,15-16H,3,6,9-12,17H2,1-2H3. The summed E-state index contributed by atoms with van der Waals surface area (Å²) in [4.78, 5) is 2.60. The van der Waals surface area contributed by atoms with E-state index >= 15 is 0 Å². The second-order valence-corrected chi connectivity index (χ2v) is 5.57. The van der Waals surface area contributed by atoms with Crippen LogP contribution in [0, 0.1) is 6.92 Å². The van der Waals surface area contributed by atoms with Gasteiger partial charge in [0.15, 0.2) is 0 Å². The van der Waals surface area contributed by atoms with E-state index in [9.17, 15) is 0 Å². The summed E-state index contributed by atoms with van der Waals surface area (Å²) in [6, 6.07) is 9.80. The van der Waals surface area contributed by atoms with Crippen LogP contribution >= 0.6 is 0 Å². The molecular formula is C16H26N2. The first-order valence-electron chi connectivity index (χ1n) is 7.24. The van der Waals surface area contributed by atoms with E-state index in [1.165, 1.54) is 36.8 Å². The van der Waals surface area contributed by atoms with Crippen LogP contribution in [0.1, 0.15) is 43.7 Å². The Bertz CT molecular complexity index is 375. The van der Waals surface area contributed by atoms with Gasteiger partial charge in [-0.2, -0.15) is 0 Å². The summed E-state index contributed by atoms with van der Waals surface area (Å²) in [5.74, 6) is 0. The third-order valence-electron chi connectivity index (χ3n) is 4.24. The van der Waals surface area contributed by atoms with Crippen molar-refractivity contribution in [1.82, 2.24) is 4.90 Å². The fourth-order valence-corrected chi connectivity index (χ4v) is 3.04. The lowest BCUT2D eigenvalue weighted by atomic mass is 9.90. The van der Waals surface area contributed by atoms with Crippen molar-refractivity contribution in [2.24, 2.45) is 5.73 Å². The molecule has 1 aromatic carbocycles. The van der Waals surface area contributed by atoms with Gasteiger partial charge >= 0.3 is 0 Å². The van der Waals surface area contributed by atoms with Gasteiger partial charge in [-0.15, -0.1) is 0 Å². The molecule has 0 spiro atoms. The summed E-state index contributed by atoms with van der Waals surface area (Å²) in [7, 11) is 0. The van der Waals surface area contributed by atoms with Crippen LogP contribution in [0.2, 0.25) is 0 Å². The van der Waals surface area contributed by atoms with Gasteiger partial charge in [0.2, 0.25) is 0 Å². The summed E-state index contributed by atoms with van der Waals surface area (Å²) < 4.78 is 0. The van der Waals surface area contributed by atoms with E-state index in [1.54, 1.807) is 0 Å². The van der Waals surface area contributed by atoms with Gasteiger partial charge in [-0.25, -0.2) is 0 Å². The SMILES string of the molecule is CCN(Cc1ccccc1C)C1CCCC(N)C1. The first kappa shape index (κ1) is 13.6. The highest BCUT2D eigenvalue weighted by Gasteiger charge is 2.24. The normalized spacial score (nSPS) is 24.4. The van der Waals surface area contributed by atoms with Crippen molar-refractivity contribution in [2.45, 2.75) is 58.2 Å². The monoisotopic (exact) mass is 246 g/mol. The zero-order valence-electron chi connectivity index (χ0n) is 11.7. The predicted molar refractivity (Wildman–Crippen MR) is 77.5 cm³/mol. The molecule has 0 amide bonds. The second-order valence-electron chi connectivity index (χ2n) is 5.57. The molecule has 1 fully saturated rings. The second kappa shape index (κ2) is 6.35. The molecule has 2 atom stereocenters. The lowest BCUT2D eigenvalue weighted by molar-refractivity contribution is 0.147. The summed E-state index contributed by atoms with van der Waals surface area (Å²) in [5.41, 5.74) is 8.97. The Morgan fingerprint density at radius 3 is 2.72 bits per heavy atom. The number of benzene rings is 1. The summed E-state index contributed by atoms with van der Waals surface area (Å²) in [6.07, 6.45) is 4.97. The van der Waals surface area contributed by atoms with Crippen molar-refractivity contribution in [3.8, 4) is 0 Å². The van der Waals surface area contributed by atoms with Crippen LogP contribution < -0.4 is 5.73 Å². The molecule has 0 aliphatic heterocycles. The molecule has 0 bridgehead atoms. The zero-order valence-corrected chi connectivity index (χ0v) is 11.7. The Hall–Kier alpha value is -0.860. The fourth-order valence-electron chi connectivity index (χ4n) is 3.04. The van der Waals surface area contributed by atoms with Crippen molar-refractivity contribution in [1.29, 1.82) is 0 Å². The smallest absolute Gasteiger partial charge is 0.0239 e. The molecule has 1 saturated carbocycles. The quantitative estimate of drug-likeness (QED) is 0.884. The maximum atomic E-state index is 6.11. The number of hydrogen-bond donors (Lipinski definition) is 1. The molecule has 0 heterocycles. The Kier molecular flexibility index (Phi) is 4.79.